The van der Waals surface area contributed by atoms with Crippen LogP contribution in [0.3, 0.4) is 0 Å². The number of carbonyl (C=O) groups excluding carboxylic acids is 1. The van der Waals surface area contributed by atoms with Gasteiger partial charge in [-0.05, 0) is 75.9 Å². The summed E-state index contributed by atoms with van der Waals surface area (Å²) in [6.07, 6.45) is 0. The van der Waals surface area contributed by atoms with E-state index in [1.54, 1.807) is 24.3 Å². The zero-order chi connectivity index (χ0) is 21.5. The van der Waals surface area contributed by atoms with Crippen molar-refractivity contribution in [1.29, 1.82) is 0 Å². The Hall–Kier alpha value is -1.20. The van der Waals surface area contributed by atoms with E-state index in [9.17, 15) is 15.0 Å². The normalized spacial score (nSPS) is 18.5. The SMILES string of the molecule is O=C1OC2(c3ccccc31)c1cc(Br)c(O)c(Br)c1Oc1c(Br)c(O)c(Br)c(S)c12. The van der Waals surface area contributed by atoms with Gasteiger partial charge >= 0.3 is 5.97 Å². The lowest BCUT2D eigenvalue weighted by Gasteiger charge is -2.38. The zero-order valence-corrected chi connectivity index (χ0v) is 21.7. The minimum Gasteiger partial charge on any atom is -0.505 e. The average molecular weight is 680 g/mol. The lowest BCUT2D eigenvalue weighted by molar-refractivity contribution is 0.0214. The highest BCUT2D eigenvalue weighted by Crippen LogP contribution is 2.64. The molecule has 5 nitrogen and oxygen atoms in total. The average Bonchev–Trinajstić information content (AvgIpc) is 3.03. The van der Waals surface area contributed by atoms with E-state index in [0.29, 0.717) is 36.1 Å². The lowest BCUT2D eigenvalue weighted by atomic mass is 9.77. The first-order chi connectivity index (χ1) is 14.2. The topological polar surface area (TPSA) is 76.0 Å². The molecule has 0 saturated carbocycles. The molecule has 2 aliphatic heterocycles. The molecule has 1 unspecified atom stereocenters. The van der Waals surface area contributed by atoms with E-state index >= 15 is 0 Å². The maximum absolute atomic E-state index is 12.9. The van der Waals surface area contributed by atoms with Crippen LogP contribution < -0.4 is 4.74 Å². The summed E-state index contributed by atoms with van der Waals surface area (Å²) < 4.78 is 13.4. The van der Waals surface area contributed by atoms with Crippen LogP contribution >= 0.6 is 76.3 Å². The number of rotatable bonds is 0. The first-order valence-electron chi connectivity index (χ1n) is 8.35. The molecule has 0 bridgehead atoms. The Morgan fingerprint density at radius 3 is 2.30 bits per heavy atom. The third-order valence-electron chi connectivity index (χ3n) is 5.14. The fraction of sp³-hybridized carbons (Fsp3) is 0.0500. The number of halogens is 4. The van der Waals surface area contributed by atoms with Crippen molar-refractivity contribution in [3.63, 3.8) is 0 Å². The van der Waals surface area contributed by atoms with Crippen LogP contribution in [0.15, 0.2) is 53.1 Å². The predicted octanol–water partition coefficient (Wildman–Crippen LogP) is 7.00. The van der Waals surface area contributed by atoms with Gasteiger partial charge in [0.2, 0.25) is 0 Å². The Balaban J connectivity index is 2.03. The molecule has 0 fully saturated rings. The molecule has 2 aliphatic rings. The maximum Gasteiger partial charge on any atom is 0.340 e. The second-order valence-corrected chi connectivity index (χ2v) is 10.3. The van der Waals surface area contributed by atoms with Gasteiger partial charge in [0.25, 0.3) is 0 Å². The highest BCUT2D eigenvalue weighted by molar-refractivity contribution is 9.11. The van der Waals surface area contributed by atoms with Crippen LogP contribution in [0.4, 0.5) is 0 Å². The molecular weight excluding hydrogens is 672 g/mol. The van der Waals surface area contributed by atoms with Crippen LogP contribution in [0.5, 0.6) is 23.0 Å². The van der Waals surface area contributed by atoms with Crippen molar-refractivity contribution in [2.75, 3.05) is 0 Å². The molecule has 2 heterocycles. The number of aromatic hydroxyl groups is 2. The van der Waals surface area contributed by atoms with Gasteiger partial charge in [0, 0.05) is 10.5 Å². The number of carbonyl (C=O) groups is 1. The maximum atomic E-state index is 12.9. The van der Waals surface area contributed by atoms with Crippen LogP contribution in [0, 0.1) is 0 Å². The van der Waals surface area contributed by atoms with E-state index in [4.69, 9.17) is 9.47 Å². The molecule has 5 rings (SSSR count). The van der Waals surface area contributed by atoms with E-state index in [0.717, 1.165) is 0 Å². The van der Waals surface area contributed by atoms with Gasteiger partial charge in [0.05, 0.1) is 25.6 Å². The van der Waals surface area contributed by atoms with Crippen molar-refractivity contribution in [2.45, 2.75) is 10.5 Å². The van der Waals surface area contributed by atoms with Gasteiger partial charge in [-0.1, -0.05) is 18.2 Å². The summed E-state index contributed by atoms with van der Waals surface area (Å²) in [5.41, 5.74) is 0.530. The number of benzene rings is 3. The monoisotopic (exact) mass is 676 g/mol. The Bertz CT molecular complexity index is 1310. The van der Waals surface area contributed by atoms with Gasteiger partial charge < -0.3 is 19.7 Å². The van der Waals surface area contributed by atoms with Crippen LogP contribution in [-0.4, -0.2) is 16.2 Å². The van der Waals surface area contributed by atoms with Crippen molar-refractivity contribution in [2.24, 2.45) is 0 Å². The number of hydrogen-bond acceptors (Lipinski definition) is 6. The molecule has 0 amide bonds. The van der Waals surface area contributed by atoms with Crippen LogP contribution in [0.2, 0.25) is 0 Å². The molecule has 1 atom stereocenters. The third-order valence-corrected chi connectivity index (χ3v) is 8.75. The largest absolute Gasteiger partial charge is 0.505 e. The highest BCUT2D eigenvalue weighted by atomic mass is 79.9. The van der Waals surface area contributed by atoms with Crippen molar-refractivity contribution in [1.82, 2.24) is 0 Å². The van der Waals surface area contributed by atoms with Gasteiger partial charge in [-0.2, -0.15) is 0 Å². The Morgan fingerprint density at radius 1 is 0.900 bits per heavy atom. The van der Waals surface area contributed by atoms with Crippen LogP contribution in [0.25, 0.3) is 0 Å². The molecule has 1 spiro atoms. The van der Waals surface area contributed by atoms with E-state index < -0.39 is 11.6 Å². The highest BCUT2D eigenvalue weighted by Gasteiger charge is 2.56. The predicted molar refractivity (Wildman–Crippen MR) is 126 cm³/mol. The van der Waals surface area contributed by atoms with Crippen molar-refractivity contribution in [3.05, 3.63) is 70.5 Å². The van der Waals surface area contributed by atoms with Crippen molar-refractivity contribution < 1.29 is 24.5 Å². The third kappa shape index (κ3) is 2.48. The molecule has 30 heavy (non-hydrogen) atoms. The summed E-state index contributed by atoms with van der Waals surface area (Å²) in [5, 5.41) is 21.0. The quantitative estimate of drug-likeness (QED) is 0.176. The Morgan fingerprint density at radius 2 is 1.57 bits per heavy atom. The summed E-state index contributed by atoms with van der Waals surface area (Å²) in [6.45, 7) is 0. The molecular formula is C20H8Br4O5S. The van der Waals surface area contributed by atoms with E-state index in [2.05, 4.69) is 76.3 Å². The molecule has 2 N–H and O–H groups in total. The minimum absolute atomic E-state index is 0.0755. The molecule has 0 saturated heterocycles. The number of phenols is 2. The molecule has 152 valence electrons. The summed E-state index contributed by atoms with van der Waals surface area (Å²) in [6, 6.07) is 8.71. The van der Waals surface area contributed by atoms with E-state index in [-0.39, 0.29) is 31.9 Å². The summed E-state index contributed by atoms with van der Waals surface area (Å²) in [5.74, 6) is -0.221. The van der Waals surface area contributed by atoms with Crippen LogP contribution in [0.1, 0.15) is 27.0 Å². The van der Waals surface area contributed by atoms with E-state index in [1.165, 1.54) is 0 Å². The molecule has 0 radical (unpaired) electrons. The second kappa shape index (κ2) is 6.90. The molecule has 3 aromatic carbocycles. The van der Waals surface area contributed by atoms with Crippen molar-refractivity contribution >= 4 is 82.3 Å². The van der Waals surface area contributed by atoms with E-state index in [1.807, 2.05) is 6.07 Å². The number of ether oxygens (including phenoxy) is 2. The molecule has 10 heteroatoms. The van der Waals surface area contributed by atoms with Gasteiger partial charge in [-0.25, -0.2) is 4.79 Å². The molecule has 0 aliphatic carbocycles. The smallest absolute Gasteiger partial charge is 0.340 e. The van der Waals surface area contributed by atoms with Crippen LogP contribution in [-0.2, 0) is 10.3 Å². The molecule has 3 aromatic rings. The second-order valence-electron chi connectivity index (χ2n) is 6.65. The first-order valence-corrected chi connectivity index (χ1v) is 12.0. The summed E-state index contributed by atoms with van der Waals surface area (Å²) in [7, 11) is 0. The van der Waals surface area contributed by atoms with Gasteiger partial charge in [-0.15, -0.1) is 12.6 Å². The van der Waals surface area contributed by atoms with Gasteiger partial charge in [-0.3, -0.25) is 0 Å². The lowest BCUT2D eigenvalue weighted by Crippen LogP contribution is -2.34. The van der Waals surface area contributed by atoms with Gasteiger partial charge in [0.1, 0.15) is 20.4 Å². The first kappa shape index (κ1) is 20.7. The fourth-order valence-electron chi connectivity index (χ4n) is 3.86. The van der Waals surface area contributed by atoms with Gasteiger partial charge in [0.15, 0.2) is 17.1 Å². The Kier molecular flexibility index (Phi) is 4.76. The zero-order valence-electron chi connectivity index (χ0n) is 14.5. The minimum atomic E-state index is -1.41. The van der Waals surface area contributed by atoms with Crippen molar-refractivity contribution in [3.8, 4) is 23.0 Å². The summed E-state index contributed by atoms with van der Waals surface area (Å²) >= 11 is 18.1. The number of fused-ring (bicyclic) bond motifs is 6. The summed E-state index contributed by atoms with van der Waals surface area (Å²) in [4.78, 5) is 13.3. The molecule has 0 aromatic heterocycles. The number of hydrogen-bond donors (Lipinski definition) is 3. The number of esters is 1. The fourth-order valence-corrected chi connectivity index (χ4v) is 6.56. The standard InChI is InChI=1S/C20H8Br4O5S/c21-9-5-8-16(11(22)14(9)25)28-17-10(18(30)13(24)15(26)12(17)23)20(8)7-4-2-1-3-6(7)19(27)29-20/h1-5,25-26,30H. The Labute approximate surface area is 209 Å². The number of phenolic OH excluding ortho intramolecular Hbond substituents is 2. The number of thiol groups is 1.